The first kappa shape index (κ1) is 16.4. The van der Waals surface area contributed by atoms with Crippen molar-refractivity contribution in [2.75, 3.05) is 18.7 Å². The van der Waals surface area contributed by atoms with Crippen molar-refractivity contribution in [3.8, 4) is 5.75 Å². The van der Waals surface area contributed by atoms with Gasteiger partial charge in [-0.05, 0) is 29.8 Å². The number of halogens is 1. The lowest BCUT2D eigenvalue weighted by Crippen LogP contribution is -2.02. The molecule has 0 saturated heterocycles. The number of ether oxygens (including phenoxy) is 1. The largest absolute Gasteiger partial charge is 0.497 e. The number of methoxy groups -OCH3 is 1. The molecule has 2 aromatic rings. The van der Waals surface area contributed by atoms with Gasteiger partial charge < -0.3 is 10.1 Å². The van der Waals surface area contributed by atoms with Crippen molar-refractivity contribution in [2.45, 2.75) is 4.90 Å². The van der Waals surface area contributed by atoms with Gasteiger partial charge in [0.25, 0.3) is 0 Å². The summed E-state index contributed by atoms with van der Waals surface area (Å²) in [5, 5.41) is 3.31. The Kier molecular flexibility index (Phi) is 4.78. The van der Waals surface area contributed by atoms with Crippen LogP contribution >= 0.6 is 11.6 Å². The molecule has 0 fully saturated rings. The van der Waals surface area contributed by atoms with Gasteiger partial charge in [-0.2, -0.15) is 0 Å². The van der Waals surface area contributed by atoms with Crippen LogP contribution in [0.25, 0.3) is 5.70 Å². The van der Waals surface area contributed by atoms with E-state index in [-0.39, 0.29) is 9.92 Å². The van der Waals surface area contributed by atoms with E-state index in [9.17, 15) is 8.42 Å². The third kappa shape index (κ3) is 3.81. The molecule has 0 heterocycles. The van der Waals surface area contributed by atoms with E-state index in [0.717, 1.165) is 11.9 Å². The zero-order chi connectivity index (χ0) is 16.3. The van der Waals surface area contributed by atoms with Gasteiger partial charge in [0.15, 0.2) is 9.84 Å². The van der Waals surface area contributed by atoms with Crippen LogP contribution in [0, 0.1) is 0 Å². The number of rotatable bonds is 5. The van der Waals surface area contributed by atoms with E-state index >= 15 is 0 Å². The average Bonchev–Trinajstić information content (AvgIpc) is 2.46. The van der Waals surface area contributed by atoms with E-state index in [2.05, 4.69) is 11.9 Å². The third-order valence-corrected chi connectivity index (χ3v) is 4.62. The Balaban J connectivity index is 2.30. The summed E-state index contributed by atoms with van der Waals surface area (Å²) in [6.07, 6.45) is 1.12. The molecule has 0 aliphatic rings. The molecule has 2 rings (SSSR count). The molecule has 0 radical (unpaired) electrons. The minimum atomic E-state index is -3.39. The number of nitrogens with one attached hydrogen (secondary N) is 1. The minimum absolute atomic E-state index is 0.0836. The molecule has 6 heteroatoms. The van der Waals surface area contributed by atoms with Crippen LogP contribution in [0.15, 0.2) is 53.9 Å². The number of anilines is 1. The molecule has 0 unspecified atom stereocenters. The van der Waals surface area contributed by atoms with Crippen LogP contribution in [-0.2, 0) is 9.84 Å². The zero-order valence-corrected chi connectivity index (χ0v) is 13.8. The van der Waals surface area contributed by atoms with E-state index in [4.69, 9.17) is 16.3 Å². The normalized spacial score (nSPS) is 11.0. The lowest BCUT2D eigenvalue weighted by Gasteiger charge is -2.12. The Morgan fingerprint density at radius 3 is 2.59 bits per heavy atom. The van der Waals surface area contributed by atoms with Crippen LogP contribution in [-0.4, -0.2) is 21.8 Å². The van der Waals surface area contributed by atoms with Crippen molar-refractivity contribution in [2.24, 2.45) is 0 Å². The van der Waals surface area contributed by atoms with Crippen LogP contribution in [0.3, 0.4) is 0 Å². The molecule has 22 heavy (non-hydrogen) atoms. The van der Waals surface area contributed by atoms with E-state index < -0.39 is 9.84 Å². The van der Waals surface area contributed by atoms with Gasteiger partial charge in [-0.3, -0.25) is 0 Å². The third-order valence-electron chi connectivity index (χ3n) is 3.04. The van der Waals surface area contributed by atoms with Gasteiger partial charge in [0.05, 0.1) is 17.0 Å². The van der Waals surface area contributed by atoms with Crippen molar-refractivity contribution in [1.82, 2.24) is 0 Å². The highest BCUT2D eigenvalue weighted by Crippen LogP contribution is 2.27. The summed E-state index contributed by atoms with van der Waals surface area (Å²) in [7, 11) is -1.81. The summed E-state index contributed by atoms with van der Waals surface area (Å²) in [4.78, 5) is 0.0836. The molecule has 0 atom stereocenters. The average molecular weight is 338 g/mol. The van der Waals surface area contributed by atoms with Gasteiger partial charge in [-0.15, -0.1) is 0 Å². The lowest BCUT2D eigenvalue weighted by atomic mass is 10.1. The van der Waals surface area contributed by atoms with Crippen LogP contribution in [0.4, 0.5) is 5.69 Å². The Morgan fingerprint density at radius 1 is 1.23 bits per heavy atom. The van der Waals surface area contributed by atoms with Crippen molar-refractivity contribution in [3.05, 3.63) is 59.6 Å². The molecule has 0 bridgehead atoms. The van der Waals surface area contributed by atoms with Gasteiger partial charge >= 0.3 is 0 Å². The lowest BCUT2D eigenvalue weighted by molar-refractivity contribution is 0.415. The summed E-state index contributed by atoms with van der Waals surface area (Å²) in [5.41, 5.74) is 2.00. The molecule has 0 aliphatic heterocycles. The van der Waals surface area contributed by atoms with Gasteiger partial charge in [0, 0.05) is 23.7 Å². The minimum Gasteiger partial charge on any atom is -0.497 e. The Hall–Kier alpha value is -1.98. The zero-order valence-electron chi connectivity index (χ0n) is 12.3. The fourth-order valence-corrected chi connectivity index (χ4v) is 3.22. The Bertz CT molecular complexity index is 816. The van der Waals surface area contributed by atoms with E-state index in [1.54, 1.807) is 19.2 Å². The number of hydrogen-bond acceptors (Lipinski definition) is 4. The smallest absolute Gasteiger partial charge is 0.177 e. The molecule has 4 nitrogen and oxygen atoms in total. The monoisotopic (exact) mass is 337 g/mol. The summed E-state index contributed by atoms with van der Waals surface area (Å²) in [6.45, 7) is 3.94. The van der Waals surface area contributed by atoms with Gasteiger partial charge in [-0.1, -0.05) is 30.3 Å². The second-order valence-electron chi connectivity index (χ2n) is 4.75. The number of benzene rings is 2. The SMILES string of the molecule is C=C(Nc1cccc(OC)c1)c1ccc(Cl)c(S(C)(=O)=O)c1. The predicted molar refractivity (Wildman–Crippen MR) is 90.2 cm³/mol. The molecule has 0 aromatic heterocycles. The van der Waals surface area contributed by atoms with Crippen LogP contribution in [0.1, 0.15) is 5.56 Å². The van der Waals surface area contributed by atoms with Crippen LogP contribution in [0.5, 0.6) is 5.75 Å². The molecule has 2 aromatic carbocycles. The van der Waals surface area contributed by atoms with Gasteiger partial charge in [0.2, 0.25) is 0 Å². The second kappa shape index (κ2) is 6.42. The summed E-state index contributed by atoms with van der Waals surface area (Å²) >= 11 is 5.94. The molecule has 0 spiro atoms. The number of sulfone groups is 1. The topological polar surface area (TPSA) is 55.4 Å². The van der Waals surface area contributed by atoms with Gasteiger partial charge in [0.1, 0.15) is 5.75 Å². The first-order valence-electron chi connectivity index (χ1n) is 6.41. The first-order valence-corrected chi connectivity index (χ1v) is 8.68. The van der Waals surface area contributed by atoms with E-state index in [1.165, 1.54) is 6.07 Å². The van der Waals surface area contributed by atoms with Crippen LogP contribution in [0.2, 0.25) is 5.02 Å². The summed E-state index contributed by atoms with van der Waals surface area (Å²) < 4.78 is 28.6. The number of hydrogen-bond donors (Lipinski definition) is 1. The Labute approximate surface area is 135 Å². The van der Waals surface area contributed by atoms with Crippen LogP contribution < -0.4 is 10.1 Å². The quantitative estimate of drug-likeness (QED) is 0.900. The summed E-state index contributed by atoms with van der Waals surface area (Å²) in [5.74, 6) is 0.714. The van der Waals surface area contributed by atoms with Crippen molar-refractivity contribution in [1.29, 1.82) is 0 Å². The molecule has 0 amide bonds. The Morgan fingerprint density at radius 2 is 1.95 bits per heavy atom. The van der Waals surface area contributed by atoms with Crippen molar-refractivity contribution in [3.63, 3.8) is 0 Å². The highest BCUT2D eigenvalue weighted by Gasteiger charge is 2.14. The molecule has 0 saturated carbocycles. The highest BCUT2D eigenvalue weighted by molar-refractivity contribution is 7.90. The fourth-order valence-electron chi connectivity index (χ4n) is 1.92. The van der Waals surface area contributed by atoms with Gasteiger partial charge in [-0.25, -0.2) is 8.42 Å². The maximum absolute atomic E-state index is 11.7. The molecule has 0 aliphatic carbocycles. The maximum Gasteiger partial charge on any atom is 0.177 e. The maximum atomic E-state index is 11.7. The molecular formula is C16H16ClNO3S. The molecule has 1 N–H and O–H groups in total. The fraction of sp³-hybridized carbons (Fsp3) is 0.125. The predicted octanol–water partition coefficient (Wildman–Crippen LogP) is 3.83. The van der Waals surface area contributed by atoms with Crippen molar-refractivity contribution >= 4 is 32.8 Å². The molecule has 116 valence electrons. The first-order chi connectivity index (χ1) is 10.3. The highest BCUT2D eigenvalue weighted by atomic mass is 35.5. The second-order valence-corrected chi connectivity index (χ2v) is 7.14. The van der Waals surface area contributed by atoms with Crippen molar-refractivity contribution < 1.29 is 13.2 Å². The molecular weight excluding hydrogens is 322 g/mol. The van der Waals surface area contributed by atoms with E-state index in [1.807, 2.05) is 24.3 Å². The van der Waals surface area contributed by atoms with E-state index in [0.29, 0.717) is 17.0 Å². The standard InChI is InChI=1S/C16H16ClNO3S/c1-11(18-13-5-4-6-14(10-13)21-2)12-7-8-15(17)16(9-12)22(3,19)20/h4-10,18H,1H2,2-3H3. The summed E-state index contributed by atoms with van der Waals surface area (Å²) in [6, 6.07) is 12.1.